The molecule has 2 aromatic rings. The largest absolute Gasteiger partial charge is 0.481 e. The number of hydrogen-bond donors (Lipinski definition) is 2. The molecule has 4 fully saturated rings. The van der Waals surface area contributed by atoms with Crippen molar-refractivity contribution in [3.63, 3.8) is 0 Å². The zero-order chi connectivity index (χ0) is 28.4. The van der Waals surface area contributed by atoms with E-state index in [1.807, 2.05) is 25.7 Å². The molecule has 2 unspecified atom stereocenters. The van der Waals surface area contributed by atoms with Crippen LogP contribution in [0.15, 0.2) is 18.3 Å². The Bertz CT molecular complexity index is 1340. The van der Waals surface area contributed by atoms with Gasteiger partial charge in [0.1, 0.15) is 11.3 Å². The molecule has 3 atom stereocenters. The predicted molar refractivity (Wildman–Crippen MR) is 141 cm³/mol. The van der Waals surface area contributed by atoms with E-state index in [2.05, 4.69) is 20.5 Å². The molecule has 0 bridgehead atoms. The maximum atomic E-state index is 14.4. The summed E-state index contributed by atoms with van der Waals surface area (Å²) in [5.74, 6) is -0.0944. The molecule has 2 saturated carbocycles. The Kier molecular flexibility index (Phi) is 6.26. The molecule has 12 heteroatoms. The normalized spacial score (nSPS) is 26.3. The number of piperidine rings is 2. The summed E-state index contributed by atoms with van der Waals surface area (Å²) >= 11 is 0. The Hall–Kier alpha value is -3.70. The van der Waals surface area contributed by atoms with E-state index in [0.717, 1.165) is 19.0 Å². The van der Waals surface area contributed by atoms with Gasteiger partial charge in [0, 0.05) is 60.6 Å². The minimum atomic E-state index is -0.561. The number of pyridine rings is 1. The molecule has 40 heavy (non-hydrogen) atoms. The van der Waals surface area contributed by atoms with Crippen molar-refractivity contribution in [1.82, 2.24) is 30.3 Å². The molecule has 4 heterocycles. The zero-order valence-electron chi connectivity index (χ0n) is 23.2. The highest BCUT2D eigenvalue weighted by Crippen LogP contribution is 2.51. The molecule has 3 amide bonds. The number of carbonyl (C=O) groups excluding carboxylic acids is 3. The quantitative estimate of drug-likeness (QED) is 0.581. The third-order valence-electron chi connectivity index (χ3n) is 8.62. The number of likely N-dealkylation sites (tertiary alicyclic amines) is 2. The van der Waals surface area contributed by atoms with Crippen LogP contribution in [-0.2, 0) is 9.53 Å². The van der Waals surface area contributed by atoms with Gasteiger partial charge in [-0.15, -0.1) is 0 Å². The van der Waals surface area contributed by atoms with E-state index in [0.29, 0.717) is 38.2 Å². The number of H-pyrrole nitrogens is 1. The van der Waals surface area contributed by atoms with Gasteiger partial charge in [-0.25, -0.2) is 14.2 Å². The molecule has 4 aliphatic rings. The Balaban J connectivity index is 1.04. The standard InChI is InChI=1S/C28H35FN6O5/c1-27(2,3)40-26(38)34-13-17-18(14-34)23(17)31-24(36)15-5-8-35(28(11-15)6-7-28)25(37)21-10-20(32-33-21)16-9-22(39-4)30-12-19(16)29/h9-10,12,15,17-18,23H,5-8,11,13-14H2,1-4H3,(H,31,36)(H,32,33)/t15-,17?,18?,23?/m0/s1. The summed E-state index contributed by atoms with van der Waals surface area (Å²) in [5, 5.41) is 10.1. The summed E-state index contributed by atoms with van der Waals surface area (Å²) in [6, 6.07) is 3.08. The molecule has 2 aromatic heterocycles. The monoisotopic (exact) mass is 554 g/mol. The number of halogens is 1. The Labute approximate surface area is 231 Å². The topological polar surface area (TPSA) is 130 Å². The summed E-state index contributed by atoms with van der Waals surface area (Å²) in [5.41, 5.74) is -0.100. The van der Waals surface area contributed by atoms with Gasteiger partial charge in [0.2, 0.25) is 11.8 Å². The van der Waals surface area contributed by atoms with Crippen LogP contribution in [0.1, 0.15) is 56.9 Å². The van der Waals surface area contributed by atoms with Gasteiger partial charge in [-0.2, -0.15) is 5.10 Å². The fourth-order valence-electron chi connectivity index (χ4n) is 6.29. The van der Waals surface area contributed by atoms with E-state index in [-0.39, 0.29) is 64.4 Å². The zero-order valence-corrected chi connectivity index (χ0v) is 23.2. The van der Waals surface area contributed by atoms with E-state index in [4.69, 9.17) is 9.47 Å². The third-order valence-corrected chi connectivity index (χ3v) is 8.62. The number of methoxy groups -OCH3 is 1. The molecule has 6 rings (SSSR count). The smallest absolute Gasteiger partial charge is 0.410 e. The van der Waals surface area contributed by atoms with Crippen molar-refractivity contribution < 1.29 is 28.2 Å². The Morgan fingerprint density at radius 1 is 1.18 bits per heavy atom. The van der Waals surface area contributed by atoms with Crippen LogP contribution in [0.3, 0.4) is 0 Å². The van der Waals surface area contributed by atoms with Crippen LogP contribution in [0, 0.1) is 23.6 Å². The lowest BCUT2D eigenvalue weighted by atomic mass is 9.88. The predicted octanol–water partition coefficient (Wildman–Crippen LogP) is 2.99. The Morgan fingerprint density at radius 2 is 1.90 bits per heavy atom. The molecule has 0 aromatic carbocycles. The maximum absolute atomic E-state index is 14.4. The van der Waals surface area contributed by atoms with E-state index in [1.54, 1.807) is 11.0 Å². The van der Waals surface area contributed by atoms with Gasteiger partial charge in [-0.1, -0.05) is 0 Å². The molecule has 2 aliphatic carbocycles. The summed E-state index contributed by atoms with van der Waals surface area (Å²) in [7, 11) is 1.44. The number of ether oxygens (including phenoxy) is 2. The van der Waals surface area contributed by atoms with Crippen LogP contribution in [0.2, 0.25) is 0 Å². The second-order valence-electron chi connectivity index (χ2n) is 12.5. The van der Waals surface area contributed by atoms with Gasteiger partial charge < -0.3 is 24.6 Å². The van der Waals surface area contributed by atoms with Crippen molar-refractivity contribution in [1.29, 1.82) is 0 Å². The fraction of sp³-hybridized carbons (Fsp3) is 0.607. The third kappa shape index (κ3) is 4.88. The highest BCUT2D eigenvalue weighted by Gasteiger charge is 2.59. The SMILES string of the molecule is COc1cc(-c2cc(C(=O)N3CC[C@H](C(=O)NC4C5CN(C(=O)OC(C)(C)C)CC54)CC34CC4)[nH]n2)c(F)cn1. The molecule has 0 radical (unpaired) electrons. The van der Waals surface area contributed by atoms with Gasteiger partial charge in [-0.05, 0) is 52.5 Å². The molecular formula is C28H35FN6O5. The minimum Gasteiger partial charge on any atom is -0.481 e. The van der Waals surface area contributed by atoms with E-state index < -0.39 is 11.4 Å². The van der Waals surface area contributed by atoms with E-state index >= 15 is 0 Å². The number of amides is 3. The van der Waals surface area contributed by atoms with Crippen molar-refractivity contribution in [2.45, 2.75) is 63.6 Å². The molecule has 1 spiro atoms. The van der Waals surface area contributed by atoms with Crippen molar-refractivity contribution in [2.24, 2.45) is 17.8 Å². The number of carbonyl (C=O) groups is 3. The first kappa shape index (κ1) is 26.5. The van der Waals surface area contributed by atoms with Gasteiger partial charge in [0.25, 0.3) is 5.91 Å². The average Bonchev–Trinajstić information content (AvgIpc) is 3.62. The average molecular weight is 555 g/mol. The molecule has 2 aliphatic heterocycles. The Morgan fingerprint density at radius 3 is 2.55 bits per heavy atom. The van der Waals surface area contributed by atoms with Crippen LogP contribution in [0.25, 0.3) is 11.3 Å². The lowest BCUT2D eigenvalue weighted by Crippen LogP contribution is -2.51. The van der Waals surface area contributed by atoms with Crippen molar-refractivity contribution in [3.8, 4) is 17.1 Å². The van der Waals surface area contributed by atoms with E-state index in [1.165, 1.54) is 13.2 Å². The summed E-state index contributed by atoms with van der Waals surface area (Å²) in [4.78, 5) is 46.4. The maximum Gasteiger partial charge on any atom is 0.410 e. The van der Waals surface area contributed by atoms with Gasteiger partial charge in [0.15, 0.2) is 5.82 Å². The minimum absolute atomic E-state index is 0.0347. The molecule has 2 N–H and O–H groups in total. The first-order chi connectivity index (χ1) is 19.0. The number of aromatic amines is 1. The van der Waals surface area contributed by atoms with Gasteiger partial charge in [-0.3, -0.25) is 14.7 Å². The number of rotatable bonds is 5. The molecule has 2 saturated heterocycles. The first-order valence-electron chi connectivity index (χ1n) is 13.8. The lowest BCUT2D eigenvalue weighted by molar-refractivity contribution is -0.127. The van der Waals surface area contributed by atoms with Crippen LogP contribution < -0.4 is 10.1 Å². The summed E-state index contributed by atoms with van der Waals surface area (Å²) in [6.45, 7) is 7.22. The highest BCUT2D eigenvalue weighted by atomic mass is 19.1. The fourth-order valence-corrected chi connectivity index (χ4v) is 6.29. The van der Waals surface area contributed by atoms with Crippen molar-refractivity contribution >= 4 is 17.9 Å². The highest BCUT2D eigenvalue weighted by molar-refractivity contribution is 5.94. The summed E-state index contributed by atoms with van der Waals surface area (Å²) < 4.78 is 24.9. The lowest BCUT2D eigenvalue weighted by Gasteiger charge is -2.39. The van der Waals surface area contributed by atoms with Gasteiger partial charge in [0.05, 0.1) is 19.0 Å². The number of hydrogen-bond acceptors (Lipinski definition) is 7. The molecule has 11 nitrogen and oxygen atoms in total. The van der Waals surface area contributed by atoms with Crippen LogP contribution in [0.5, 0.6) is 5.88 Å². The number of nitrogens with one attached hydrogen (secondary N) is 2. The number of fused-ring (bicyclic) bond motifs is 1. The van der Waals surface area contributed by atoms with E-state index in [9.17, 15) is 18.8 Å². The van der Waals surface area contributed by atoms with Crippen LogP contribution >= 0.6 is 0 Å². The second kappa shape index (κ2) is 9.45. The van der Waals surface area contributed by atoms with Crippen LogP contribution in [0.4, 0.5) is 9.18 Å². The number of aromatic nitrogens is 3. The first-order valence-corrected chi connectivity index (χ1v) is 13.8. The van der Waals surface area contributed by atoms with Crippen LogP contribution in [-0.4, -0.2) is 86.8 Å². The van der Waals surface area contributed by atoms with Gasteiger partial charge >= 0.3 is 6.09 Å². The van der Waals surface area contributed by atoms with Crippen molar-refractivity contribution in [2.75, 3.05) is 26.7 Å². The summed E-state index contributed by atoms with van der Waals surface area (Å²) in [6.07, 6.45) is 3.65. The number of nitrogens with zero attached hydrogens (tertiary/aromatic N) is 4. The van der Waals surface area contributed by atoms with Crippen molar-refractivity contribution in [3.05, 3.63) is 29.8 Å². The second-order valence-corrected chi connectivity index (χ2v) is 12.5. The molecule has 214 valence electrons. The molecular weight excluding hydrogens is 519 g/mol.